The zero-order valence-electron chi connectivity index (χ0n) is 17.3. The van der Waals surface area contributed by atoms with Gasteiger partial charge >= 0.3 is 0 Å². The van der Waals surface area contributed by atoms with Gasteiger partial charge in [0.1, 0.15) is 0 Å². The lowest BCUT2D eigenvalue weighted by Gasteiger charge is -2.20. The molecule has 0 atom stereocenters. The summed E-state index contributed by atoms with van der Waals surface area (Å²) in [6.07, 6.45) is 0. The summed E-state index contributed by atoms with van der Waals surface area (Å²) >= 11 is 0. The van der Waals surface area contributed by atoms with Crippen molar-refractivity contribution in [1.82, 2.24) is 10.6 Å². The van der Waals surface area contributed by atoms with E-state index in [1.165, 1.54) is 12.1 Å². The summed E-state index contributed by atoms with van der Waals surface area (Å²) in [5.74, 6) is -0.840. The van der Waals surface area contributed by atoms with Crippen LogP contribution in [0.4, 0.5) is 5.69 Å². The Hall–Kier alpha value is -2.87. The first-order valence-corrected chi connectivity index (χ1v) is 10.7. The van der Waals surface area contributed by atoms with E-state index in [0.717, 1.165) is 5.56 Å². The predicted molar refractivity (Wildman–Crippen MR) is 113 cm³/mol. The number of amides is 2. The first kappa shape index (κ1) is 22.4. The van der Waals surface area contributed by atoms with Gasteiger partial charge in [0.05, 0.1) is 17.1 Å². The van der Waals surface area contributed by atoms with Crippen LogP contribution in [0.3, 0.4) is 0 Å². The Bertz CT molecular complexity index is 1020. The molecule has 2 rings (SSSR count). The molecule has 0 aliphatic heterocycles. The molecule has 0 fully saturated rings. The van der Waals surface area contributed by atoms with E-state index in [-0.39, 0.29) is 22.9 Å². The molecular formula is C21H27N3O4S. The maximum absolute atomic E-state index is 12.8. The van der Waals surface area contributed by atoms with E-state index >= 15 is 0 Å². The number of hydrogen-bond donors (Lipinski definition) is 3. The van der Waals surface area contributed by atoms with Gasteiger partial charge in [-0.3, -0.25) is 14.3 Å². The Morgan fingerprint density at radius 2 is 1.62 bits per heavy atom. The molecule has 29 heavy (non-hydrogen) atoms. The lowest BCUT2D eigenvalue weighted by Crippen LogP contribution is -2.45. The SMILES string of the molecule is Cc1ccccc1NS(=O)(=O)c1ccc(C)c(C(=O)NCC(=O)NC(C)(C)C)c1. The first-order valence-electron chi connectivity index (χ1n) is 9.17. The zero-order chi connectivity index (χ0) is 21.8. The van der Waals surface area contributed by atoms with Crippen LogP contribution in [-0.2, 0) is 14.8 Å². The van der Waals surface area contributed by atoms with Gasteiger partial charge in [-0.25, -0.2) is 8.42 Å². The van der Waals surface area contributed by atoms with Crippen LogP contribution in [0.25, 0.3) is 0 Å². The second-order valence-corrected chi connectivity index (χ2v) is 9.56. The van der Waals surface area contributed by atoms with E-state index in [2.05, 4.69) is 15.4 Å². The van der Waals surface area contributed by atoms with Crippen LogP contribution < -0.4 is 15.4 Å². The summed E-state index contributed by atoms with van der Waals surface area (Å²) in [5, 5.41) is 5.28. The molecule has 0 aromatic heterocycles. The Balaban J connectivity index is 2.19. The second-order valence-electron chi connectivity index (χ2n) is 7.88. The van der Waals surface area contributed by atoms with Crippen molar-refractivity contribution in [3.63, 3.8) is 0 Å². The van der Waals surface area contributed by atoms with Gasteiger partial charge in [-0.15, -0.1) is 0 Å². The van der Waals surface area contributed by atoms with Gasteiger partial charge < -0.3 is 10.6 Å². The van der Waals surface area contributed by atoms with E-state index in [9.17, 15) is 18.0 Å². The maximum Gasteiger partial charge on any atom is 0.261 e. The fourth-order valence-electron chi connectivity index (χ4n) is 2.62. The highest BCUT2D eigenvalue weighted by Gasteiger charge is 2.20. The van der Waals surface area contributed by atoms with E-state index in [1.807, 2.05) is 26.8 Å². The maximum atomic E-state index is 12.8. The van der Waals surface area contributed by atoms with Crippen LogP contribution in [-0.4, -0.2) is 32.3 Å². The van der Waals surface area contributed by atoms with Crippen molar-refractivity contribution in [1.29, 1.82) is 0 Å². The van der Waals surface area contributed by atoms with E-state index in [0.29, 0.717) is 11.3 Å². The molecule has 2 aromatic carbocycles. The van der Waals surface area contributed by atoms with Crippen LogP contribution in [0, 0.1) is 13.8 Å². The Kier molecular flexibility index (Phi) is 6.69. The molecule has 2 amide bonds. The second kappa shape index (κ2) is 8.65. The quantitative estimate of drug-likeness (QED) is 0.672. The van der Waals surface area contributed by atoms with Crippen molar-refractivity contribution in [3.8, 4) is 0 Å². The molecule has 7 nitrogen and oxygen atoms in total. The molecule has 8 heteroatoms. The lowest BCUT2D eigenvalue weighted by atomic mass is 10.1. The van der Waals surface area contributed by atoms with Gasteiger partial charge in [0.2, 0.25) is 5.91 Å². The summed E-state index contributed by atoms with van der Waals surface area (Å²) in [5.41, 5.74) is 1.64. The number of sulfonamides is 1. The number of carbonyl (C=O) groups is 2. The van der Waals surface area contributed by atoms with Crippen molar-refractivity contribution in [2.75, 3.05) is 11.3 Å². The van der Waals surface area contributed by atoms with Gasteiger partial charge in [-0.05, 0) is 63.9 Å². The highest BCUT2D eigenvalue weighted by atomic mass is 32.2. The molecule has 0 radical (unpaired) electrons. The molecular weight excluding hydrogens is 390 g/mol. The predicted octanol–water partition coefficient (Wildman–Crippen LogP) is 2.75. The molecule has 0 bridgehead atoms. The molecule has 0 unspecified atom stereocenters. The molecule has 156 valence electrons. The minimum atomic E-state index is -3.87. The minimum absolute atomic E-state index is 0.0318. The lowest BCUT2D eigenvalue weighted by molar-refractivity contribution is -0.121. The number of hydrogen-bond acceptors (Lipinski definition) is 4. The van der Waals surface area contributed by atoms with Crippen molar-refractivity contribution in [2.24, 2.45) is 0 Å². The standard InChI is InChI=1S/C21H27N3O4S/c1-14-10-11-16(29(27,28)24-18-9-7-6-8-15(18)2)12-17(14)20(26)22-13-19(25)23-21(3,4)5/h6-12,24H,13H2,1-5H3,(H,22,26)(H,23,25). The number of benzene rings is 2. The van der Waals surface area contributed by atoms with E-state index in [1.54, 1.807) is 38.1 Å². The van der Waals surface area contributed by atoms with Crippen LogP contribution in [0.2, 0.25) is 0 Å². The number of anilines is 1. The van der Waals surface area contributed by atoms with Crippen LogP contribution >= 0.6 is 0 Å². The first-order chi connectivity index (χ1) is 13.4. The summed E-state index contributed by atoms with van der Waals surface area (Å²) in [6.45, 7) is 8.82. The smallest absolute Gasteiger partial charge is 0.261 e. The van der Waals surface area contributed by atoms with Gasteiger partial charge in [-0.1, -0.05) is 24.3 Å². The normalized spacial score (nSPS) is 11.6. The van der Waals surface area contributed by atoms with Gasteiger partial charge in [0.15, 0.2) is 0 Å². The number of para-hydroxylation sites is 1. The largest absolute Gasteiger partial charge is 0.350 e. The van der Waals surface area contributed by atoms with E-state index in [4.69, 9.17) is 0 Å². The van der Waals surface area contributed by atoms with Gasteiger partial charge in [-0.2, -0.15) is 0 Å². The third kappa shape index (κ3) is 6.32. The van der Waals surface area contributed by atoms with Crippen molar-refractivity contribution < 1.29 is 18.0 Å². The number of aryl methyl sites for hydroxylation is 2. The fraction of sp³-hybridized carbons (Fsp3) is 0.333. The Labute approximate surface area is 172 Å². The van der Waals surface area contributed by atoms with Gasteiger partial charge in [0.25, 0.3) is 15.9 Å². The minimum Gasteiger partial charge on any atom is -0.350 e. The van der Waals surface area contributed by atoms with Gasteiger partial charge in [0, 0.05) is 11.1 Å². The molecule has 0 saturated carbocycles. The highest BCUT2D eigenvalue weighted by Crippen LogP contribution is 2.21. The molecule has 2 aromatic rings. The number of rotatable bonds is 6. The summed E-state index contributed by atoms with van der Waals surface area (Å²) in [7, 11) is -3.87. The summed E-state index contributed by atoms with van der Waals surface area (Å²) < 4.78 is 28.1. The van der Waals surface area contributed by atoms with E-state index < -0.39 is 21.5 Å². The molecule has 0 heterocycles. The van der Waals surface area contributed by atoms with Crippen LogP contribution in [0.15, 0.2) is 47.4 Å². The molecule has 0 saturated heterocycles. The number of nitrogens with one attached hydrogen (secondary N) is 3. The van der Waals surface area contributed by atoms with Crippen LogP contribution in [0.1, 0.15) is 42.3 Å². The molecule has 0 aliphatic rings. The Morgan fingerprint density at radius 3 is 2.24 bits per heavy atom. The average Bonchev–Trinajstić information content (AvgIpc) is 2.60. The third-order valence-electron chi connectivity index (χ3n) is 4.08. The highest BCUT2D eigenvalue weighted by molar-refractivity contribution is 7.92. The van der Waals surface area contributed by atoms with Crippen molar-refractivity contribution >= 4 is 27.5 Å². The Morgan fingerprint density at radius 1 is 0.966 bits per heavy atom. The number of carbonyl (C=O) groups excluding carboxylic acids is 2. The third-order valence-corrected chi connectivity index (χ3v) is 5.44. The molecule has 0 aliphatic carbocycles. The summed E-state index contributed by atoms with van der Waals surface area (Å²) in [6, 6.07) is 11.3. The average molecular weight is 418 g/mol. The van der Waals surface area contributed by atoms with Crippen molar-refractivity contribution in [3.05, 3.63) is 59.2 Å². The zero-order valence-corrected chi connectivity index (χ0v) is 18.1. The van der Waals surface area contributed by atoms with Crippen LogP contribution in [0.5, 0.6) is 0 Å². The van der Waals surface area contributed by atoms with Crippen molar-refractivity contribution in [2.45, 2.75) is 45.1 Å². The molecule has 0 spiro atoms. The monoisotopic (exact) mass is 417 g/mol. The molecule has 3 N–H and O–H groups in total. The fourth-order valence-corrected chi connectivity index (χ4v) is 3.78. The summed E-state index contributed by atoms with van der Waals surface area (Å²) in [4.78, 5) is 24.4. The topological polar surface area (TPSA) is 104 Å².